The summed E-state index contributed by atoms with van der Waals surface area (Å²) in [5.41, 5.74) is 12.7. The third kappa shape index (κ3) is 5.00. The zero-order valence-corrected chi connectivity index (χ0v) is 16.2. The lowest BCUT2D eigenvalue weighted by Crippen LogP contribution is -2.55. The normalized spacial score (nSPS) is 14.9. The van der Waals surface area contributed by atoms with Crippen LogP contribution < -0.4 is 22.1 Å². The summed E-state index contributed by atoms with van der Waals surface area (Å²) in [6, 6.07) is 14.4. The van der Waals surface area contributed by atoms with Crippen molar-refractivity contribution in [1.82, 2.24) is 5.32 Å². The Bertz CT molecular complexity index is 906. The number of benzene rings is 2. The first-order valence-electron chi connectivity index (χ1n) is 9.72. The second-order valence-electron chi connectivity index (χ2n) is 7.44. The molecule has 0 atom stereocenters. The molecule has 7 heteroatoms. The lowest BCUT2D eigenvalue weighted by atomic mass is 9.95. The highest BCUT2D eigenvalue weighted by molar-refractivity contribution is 6.01. The monoisotopic (exact) mass is 394 g/mol. The number of amides is 3. The zero-order valence-electron chi connectivity index (χ0n) is 16.2. The second kappa shape index (κ2) is 8.87. The molecule has 3 rings (SSSR count). The molecule has 0 bridgehead atoms. The number of nitrogens with one attached hydrogen (secondary N) is 2. The molecule has 0 saturated heterocycles. The highest BCUT2D eigenvalue weighted by Crippen LogP contribution is 2.30. The van der Waals surface area contributed by atoms with Gasteiger partial charge in [-0.05, 0) is 42.2 Å². The predicted molar refractivity (Wildman–Crippen MR) is 111 cm³/mol. The Morgan fingerprint density at radius 2 is 1.66 bits per heavy atom. The van der Waals surface area contributed by atoms with Crippen LogP contribution in [0.15, 0.2) is 48.5 Å². The number of rotatable bonds is 7. The van der Waals surface area contributed by atoms with Crippen molar-refractivity contribution in [1.29, 1.82) is 0 Å². The van der Waals surface area contributed by atoms with Gasteiger partial charge in [0.25, 0.3) is 5.91 Å². The van der Waals surface area contributed by atoms with Crippen LogP contribution in [0.2, 0.25) is 0 Å². The van der Waals surface area contributed by atoms with E-state index in [4.69, 9.17) is 11.5 Å². The van der Waals surface area contributed by atoms with E-state index in [1.165, 1.54) is 0 Å². The molecule has 1 fully saturated rings. The van der Waals surface area contributed by atoms with Gasteiger partial charge in [0.15, 0.2) is 0 Å². The molecular weight excluding hydrogens is 368 g/mol. The predicted octanol–water partition coefficient (Wildman–Crippen LogP) is 1.85. The zero-order chi connectivity index (χ0) is 20.9. The summed E-state index contributed by atoms with van der Waals surface area (Å²) in [6.45, 7) is 0.212. The van der Waals surface area contributed by atoms with Crippen LogP contribution in [-0.4, -0.2) is 23.3 Å². The quantitative estimate of drug-likeness (QED) is 0.571. The summed E-state index contributed by atoms with van der Waals surface area (Å²) < 4.78 is 0. The lowest BCUT2D eigenvalue weighted by molar-refractivity contribution is -0.124. The van der Waals surface area contributed by atoms with Gasteiger partial charge in [-0.15, -0.1) is 0 Å². The maximum atomic E-state index is 12.8. The number of nitrogens with two attached hydrogens (primary N) is 2. The Balaban J connectivity index is 1.76. The lowest BCUT2D eigenvalue weighted by Gasteiger charge is -2.26. The average molecular weight is 394 g/mol. The van der Waals surface area contributed by atoms with Crippen LogP contribution >= 0.6 is 0 Å². The van der Waals surface area contributed by atoms with E-state index in [0.29, 0.717) is 29.7 Å². The van der Waals surface area contributed by atoms with Crippen LogP contribution in [0.4, 0.5) is 5.69 Å². The second-order valence-corrected chi connectivity index (χ2v) is 7.44. The maximum absolute atomic E-state index is 12.8. The number of carbonyl (C=O) groups excluding carboxylic acids is 3. The van der Waals surface area contributed by atoms with Crippen molar-refractivity contribution in [2.24, 2.45) is 11.5 Å². The summed E-state index contributed by atoms with van der Waals surface area (Å²) >= 11 is 0. The van der Waals surface area contributed by atoms with Gasteiger partial charge in [0, 0.05) is 17.8 Å². The number of hydrogen-bond donors (Lipinski definition) is 4. The van der Waals surface area contributed by atoms with Crippen molar-refractivity contribution >= 4 is 23.4 Å². The van der Waals surface area contributed by atoms with Crippen LogP contribution in [0, 0.1) is 0 Å². The summed E-state index contributed by atoms with van der Waals surface area (Å²) in [7, 11) is 0. The smallest absolute Gasteiger partial charge is 0.252 e. The van der Waals surface area contributed by atoms with Crippen LogP contribution in [0.5, 0.6) is 0 Å². The van der Waals surface area contributed by atoms with Crippen molar-refractivity contribution in [2.45, 2.75) is 44.2 Å². The molecule has 0 aliphatic heterocycles. The van der Waals surface area contributed by atoms with E-state index in [-0.39, 0.29) is 18.9 Å². The van der Waals surface area contributed by atoms with Crippen molar-refractivity contribution in [3.63, 3.8) is 0 Å². The fraction of sp³-hybridized carbons (Fsp3) is 0.318. The van der Waals surface area contributed by atoms with Gasteiger partial charge in [-0.1, -0.05) is 43.2 Å². The summed E-state index contributed by atoms with van der Waals surface area (Å²) in [6.07, 6.45) is 2.97. The highest BCUT2D eigenvalue weighted by atomic mass is 16.2. The molecule has 152 valence electrons. The van der Waals surface area contributed by atoms with Crippen LogP contribution in [-0.2, 0) is 22.6 Å². The summed E-state index contributed by atoms with van der Waals surface area (Å²) in [4.78, 5) is 37.1. The molecule has 7 nitrogen and oxygen atoms in total. The van der Waals surface area contributed by atoms with Crippen molar-refractivity contribution in [3.05, 3.63) is 65.2 Å². The minimum absolute atomic E-state index is 0.193. The number of hydrogen-bond acceptors (Lipinski definition) is 4. The molecule has 2 aromatic rings. The molecule has 0 aromatic heterocycles. The van der Waals surface area contributed by atoms with Crippen molar-refractivity contribution in [2.75, 3.05) is 5.32 Å². The topological polar surface area (TPSA) is 127 Å². The molecule has 1 saturated carbocycles. The molecular formula is C22H26N4O3. The fourth-order valence-corrected chi connectivity index (χ4v) is 3.70. The van der Waals surface area contributed by atoms with Gasteiger partial charge in [-0.25, -0.2) is 0 Å². The largest absolute Gasteiger partial charge is 0.368 e. The minimum Gasteiger partial charge on any atom is -0.368 e. The molecule has 1 aliphatic rings. The van der Waals surface area contributed by atoms with E-state index in [0.717, 1.165) is 18.4 Å². The van der Waals surface area contributed by atoms with Crippen LogP contribution in [0.25, 0.3) is 0 Å². The molecule has 0 heterocycles. The van der Waals surface area contributed by atoms with E-state index in [2.05, 4.69) is 10.6 Å². The number of primary amides is 1. The van der Waals surface area contributed by atoms with E-state index in [1.54, 1.807) is 18.2 Å². The minimum atomic E-state index is -1.01. The Morgan fingerprint density at radius 1 is 0.966 bits per heavy atom. The van der Waals surface area contributed by atoms with Gasteiger partial charge in [-0.3, -0.25) is 14.4 Å². The van der Waals surface area contributed by atoms with Crippen molar-refractivity contribution < 1.29 is 14.4 Å². The molecule has 3 amide bonds. The average Bonchev–Trinajstić information content (AvgIpc) is 3.18. The maximum Gasteiger partial charge on any atom is 0.252 e. The SMILES string of the molecule is NCc1cc(NC(=O)Cc2ccccc2)cc(C(=O)NC2(C(N)=O)CCCC2)c1. The molecule has 1 aliphatic carbocycles. The summed E-state index contributed by atoms with van der Waals surface area (Å²) in [5.74, 6) is -1.12. The van der Waals surface area contributed by atoms with E-state index < -0.39 is 17.4 Å². The first kappa shape index (κ1) is 20.5. The summed E-state index contributed by atoms with van der Waals surface area (Å²) in [5, 5.41) is 5.63. The third-order valence-corrected chi connectivity index (χ3v) is 5.26. The van der Waals surface area contributed by atoms with Gasteiger partial charge in [0.2, 0.25) is 11.8 Å². The van der Waals surface area contributed by atoms with E-state index in [1.807, 2.05) is 30.3 Å². The van der Waals surface area contributed by atoms with Gasteiger partial charge in [-0.2, -0.15) is 0 Å². The highest BCUT2D eigenvalue weighted by Gasteiger charge is 2.41. The fourth-order valence-electron chi connectivity index (χ4n) is 3.70. The van der Waals surface area contributed by atoms with Gasteiger partial charge < -0.3 is 22.1 Å². The Hall–Kier alpha value is -3.19. The van der Waals surface area contributed by atoms with E-state index in [9.17, 15) is 14.4 Å². The van der Waals surface area contributed by atoms with Gasteiger partial charge in [0.05, 0.1) is 6.42 Å². The molecule has 0 unspecified atom stereocenters. The third-order valence-electron chi connectivity index (χ3n) is 5.26. The van der Waals surface area contributed by atoms with Crippen LogP contribution in [0.3, 0.4) is 0 Å². The molecule has 0 spiro atoms. The number of carbonyl (C=O) groups is 3. The molecule has 29 heavy (non-hydrogen) atoms. The molecule has 0 radical (unpaired) electrons. The molecule has 2 aromatic carbocycles. The Labute approximate surface area is 169 Å². The first-order chi connectivity index (χ1) is 13.9. The van der Waals surface area contributed by atoms with E-state index >= 15 is 0 Å². The first-order valence-corrected chi connectivity index (χ1v) is 9.72. The number of anilines is 1. The standard InChI is InChI=1S/C22H26N4O3/c23-14-16-10-17(20(28)26-22(21(24)29)8-4-5-9-22)13-18(11-16)25-19(27)12-15-6-2-1-3-7-15/h1-3,6-7,10-11,13H,4-5,8-9,12,14,23H2,(H2,24,29)(H,25,27)(H,26,28). The molecule has 6 N–H and O–H groups in total. The Kier molecular flexibility index (Phi) is 6.29. The van der Waals surface area contributed by atoms with Crippen LogP contribution in [0.1, 0.15) is 47.2 Å². The van der Waals surface area contributed by atoms with Gasteiger partial charge in [0.1, 0.15) is 5.54 Å². The Morgan fingerprint density at radius 3 is 2.28 bits per heavy atom. The van der Waals surface area contributed by atoms with Crippen molar-refractivity contribution in [3.8, 4) is 0 Å². The van der Waals surface area contributed by atoms with Gasteiger partial charge >= 0.3 is 0 Å².